The highest BCUT2D eigenvalue weighted by Gasteiger charge is 2.05. The quantitative estimate of drug-likeness (QED) is 0.760. The van der Waals surface area contributed by atoms with Crippen molar-refractivity contribution in [2.24, 2.45) is 0 Å². The number of nitrogens with one attached hydrogen (secondary N) is 1. The van der Waals surface area contributed by atoms with Crippen LogP contribution in [0.3, 0.4) is 0 Å². The number of halogens is 1. The smallest absolute Gasteiger partial charge is 0.219 e. The molecule has 0 unspecified atom stereocenters. The number of benzene rings is 1. The fourth-order valence-corrected chi connectivity index (χ4v) is 2.17. The summed E-state index contributed by atoms with van der Waals surface area (Å²) in [7, 11) is 0. The average Bonchev–Trinajstić information content (AvgIpc) is 2.51. The summed E-state index contributed by atoms with van der Waals surface area (Å²) in [5.41, 5.74) is 2.24. The number of rotatable bonds is 7. The first-order chi connectivity index (χ1) is 10.2. The lowest BCUT2D eigenvalue weighted by Gasteiger charge is -2.10. The van der Waals surface area contributed by atoms with Gasteiger partial charge in [0.05, 0.1) is 5.02 Å². The molecule has 21 heavy (non-hydrogen) atoms. The number of hydrogen-bond acceptors (Lipinski definition) is 3. The molecule has 2 aromatic rings. The van der Waals surface area contributed by atoms with Crippen molar-refractivity contribution in [2.75, 3.05) is 6.54 Å². The molecule has 3 nitrogen and oxygen atoms in total. The van der Waals surface area contributed by atoms with Crippen LogP contribution in [0.25, 0.3) is 0 Å². The van der Waals surface area contributed by atoms with Crippen molar-refractivity contribution in [1.82, 2.24) is 10.3 Å². The maximum atomic E-state index is 6.17. The van der Waals surface area contributed by atoms with Crippen molar-refractivity contribution in [1.29, 1.82) is 0 Å². The highest BCUT2D eigenvalue weighted by molar-refractivity contribution is 6.31. The second-order valence-corrected chi connectivity index (χ2v) is 5.30. The predicted octanol–water partition coefficient (Wildman–Crippen LogP) is 4.59. The van der Waals surface area contributed by atoms with Crippen LogP contribution in [-0.4, -0.2) is 11.5 Å². The van der Waals surface area contributed by atoms with Gasteiger partial charge in [-0.25, -0.2) is 4.98 Å². The Morgan fingerprint density at radius 1 is 1.24 bits per heavy atom. The summed E-state index contributed by atoms with van der Waals surface area (Å²) in [6.45, 7) is 5.95. The van der Waals surface area contributed by atoms with Gasteiger partial charge < -0.3 is 10.1 Å². The lowest BCUT2D eigenvalue weighted by molar-refractivity contribution is 0.461. The van der Waals surface area contributed by atoms with Crippen LogP contribution in [0.5, 0.6) is 11.6 Å². The van der Waals surface area contributed by atoms with Crippen molar-refractivity contribution in [3.8, 4) is 11.6 Å². The zero-order valence-corrected chi connectivity index (χ0v) is 13.3. The van der Waals surface area contributed by atoms with E-state index in [0.29, 0.717) is 10.9 Å². The van der Waals surface area contributed by atoms with Crippen molar-refractivity contribution >= 4 is 11.6 Å². The largest absolute Gasteiger partial charge is 0.439 e. The fourth-order valence-electron chi connectivity index (χ4n) is 2.00. The van der Waals surface area contributed by atoms with Gasteiger partial charge >= 0.3 is 0 Å². The van der Waals surface area contributed by atoms with Gasteiger partial charge in [0.25, 0.3) is 0 Å². The number of hydrogen-bond donors (Lipinski definition) is 1. The van der Waals surface area contributed by atoms with Gasteiger partial charge in [-0.2, -0.15) is 0 Å². The number of aromatic nitrogens is 1. The molecule has 1 aromatic heterocycles. The van der Waals surface area contributed by atoms with Gasteiger partial charge in [0.2, 0.25) is 5.88 Å². The topological polar surface area (TPSA) is 34.1 Å². The van der Waals surface area contributed by atoms with E-state index in [0.717, 1.165) is 37.2 Å². The Labute approximate surface area is 131 Å². The highest BCUT2D eigenvalue weighted by atomic mass is 35.5. The molecule has 0 spiro atoms. The molecule has 0 atom stereocenters. The molecule has 0 fully saturated rings. The van der Waals surface area contributed by atoms with E-state index in [2.05, 4.69) is 30.2 Å². The molecule has 1 aromatic carbocycles. The zero-order chi connectivity index (χ0) is 15.1. The first-order valence-electron chi connectivity index (χ1n) is 7.34. The Morgan fingerprint density at radius 2 is 2.10 bits per heavy atom. The molecular formula is C17H21ClN2O. The lowest BCUT2D eigenvalue weighted by Crippen LogP contribution is -2.14. The van der Waals surface area contributed by atoms with Gasteiger partial charge in [0, 0.05) is 18.8 Å². The summed E-state index contributed by atoms with van der Waals surface area (Å²) in [6.07, 6.45) is 3.72. The normalized spacial score (nSPS) is 10.6. The maximum absolute atomic E-state index is 6.17. The molecule has 0 saturated carbocycles. The molecule has 0 aliphatic carbocycles. The summed E-state index contributed by atoms with van der Waals surface area (Å²) >= 11 is 6.17. The Bertz CT molecular complexity index is 587. The molecular weight excluding hydrogens is 284 g/mol. The van der Waals surface area contributed by atoms with E-state index >= 15 is 0 Å². The lowest BCUT2D eigenvalue weighted by atomic mass is 10.2. The van der Waals surface area contributed by atoms with Crippen LogP contribution in [0.1, 0.15) is 31.4 Å². The Balaban J connectivity index is 2.10. The molecule has 0 amide bonds. The minimum Gasteiger partial charge on any atom is -0.439 e. The molecule has 0 saturated heterocycles. The van der Waals surface area contributed by atoms with Crippen LogP contribution in [0.4, 0.5) is 0 Å². The van der Waals surface area contributed by atoms with Crippen LogP contribution in [0, 0.1) is 0 Å². The average molecular weight is 305 g/mol. The monoisotopic (exact) mass is 304 g/mol. The van der Waals surface area contributed by atoms with Crippen LogP contribution in [0.2, 0.25) is 5.02 Å². The molecule has 1 heterocycles. The van der Waals surface area contributed by atoms with Gasteiger partial charge in [-0.1, -0.05) is 37.6 Å². The van der Waals surface area contributed by atoms with Gasteiger partial charge in [-0.05, 0) is 42.6 Å². The molecule has 0 radical (unpaired) electrons. The van der Waals surface area contributed by atoms with Crippen molar-refractivity contribution in [2.45, 2.75) is 33.2 Å². The third-order valence-corrected chi connectivity index (χ3v) is 3.52. The molecule has 1 N–H and O–H groups in total. The molecule has 4 heteroatoms. The number of pyridine rings is 1. The Hall–Kier alpha value is -1.58. The van der Waals surface area contributed by atoms with Gasteiger partial charge in [0.1, 0.15) is 5.75 Å². The number of ether oxygens (including phenoxy) is 1. The third-order valence-electron chi connectivity index (χ3n) is 3.18. The van der Waals surface area contributed by atoms with E-state index in [9.17, 15) is 0 Å². The molecule has 2 rings (SSSR count). The first kappa shape index (κ1) is 15.8. The van der Waals surface area contributed by atoms with Crippen LogP contribution in [-0.2, 0) is 13.0 Å². The van der Waals surface area contributed by atoms with Crippen molar-refractivity contribution < 1.29 is 4.74 Å². The van der Waals surface area contributed by atoms with Crippen molar-refractivity contribution in [3.05, 3.63) is 52.7 Å². The summed E-state index contributed by atoms with van der Waals surface area (Å²) in [5.74, 6) is 1.37. The summed E-state index contributed by atoms with van der Waals surface area (Å²) < 4.78 is 5.83. The number of aryl methyl sites for hydroxylation is 1. The van der Waals surface area contributed by atoms with Crippen LogP contribution >= 0.6 is 11.6 Å². The van der Waals surface area contributed by atoms with Crippen LogP contribution in [0.15, 0.2) is 36.5 Å². The molecule has 0 aliphatic rings. The Kier molecular flexibility index (Phi) is 6.03. The second kappa shape index (κ2) is 8.01. The summed E-state index contributed by atoms with van der Waals surface area (Å²) in [6, 6.07) is 9.94. The molecule has 0 bridgehead atoms. The summed E-state index contributed by atoms with van der Waals surface area (Å²) in [4.78, 5) is 4.24. The summed E-state index contributed by atoms with van der Waals surface area (Å²) in [5, 5.41) is 3.99. The maximum Gasteiger partial charge on any atom is 0.219 e. The predicted molar refractivity (Wildman–Crippen MR) is 87.1 cm³/mol. The second-order valence-electron chi connectivity index (χ2n) is 4.89. The highest BCUT2D eigenvalue weighted by Crippen LogP contribution is 2.24. The van der Waals surface area contributed by atoms with Crippen molar-refractivity contribution in [3.63, 3.8) is 0 Å². The fraction of sp³-hybridized carbons (Fsp3) is 0.353. The zero-order valence-electron chi connectivity index (χ0n) is 12.5. The van der Waals surface area contributed by atoms with E-state index in [1.54, 1.807) is 6.20 Å². The minimum atomic E-state index is 0.570. The van der Waals surface area contributed by atoms with E-state index in [1.807, 2.05) is 24.3 Å². The molecule has 0 aliphatic heterocycles. The first-order valence-corrected chi connectivity index (χ1v) is 7.72. The Morgan fingerprint density at radius 3 is 2.86 bits per heavy atom. The minimum absolute atomic E-state index is 0.570. The van der Waals surface area contributed by atoms with E-state index in [1.165, 1.54) is 5.56 Å². The van der Waals surface area contributed by atoms with Gasteiger partial charge in [-0.3, -0.25) is 0 Å². The third kappa shape index (κ3) is 4.73. The standard InChI is InChI=1S/C17H21ClN2O/c1-3-8-19-11-14-10-17(20-12-16(14)18)21-15-7-5-6-13(4-2)9-15/h5-7,9-10,12,19H,3-4,8,11H2,1-2H3. The van der Waals surface area contributed by atoms with E-state index < -0.39 is 0 Å². The van der Waals surface area contributed by atoms with Gasteiger partial charge in [0.15, 0.2) is 0 Å². The number of nitrogens with zero attached hydrogens (tertiary/aromatic N) is 1. The van der Waals surface area contributed by atoms with Gasteiger partial charge in [-0.15, -0.1) is 0 Å². The van der Waals surface area contributed by atoms with Crippen LogP contribution < -0.4 is 10.1 Å². The molecule has 112 valence electrons. The SMILES string of the molecule is CCCNCc1cc(Oc2cccc(CC)c2)ncc1Cl. The van der Waals surface area contributed by atoms with E-state index in [4.69, 9.17) is 16.3 Å². The van der Waals surface area contributed by atoms with E-state index in [-0.39, 0.29) is 0 Å².